The van der Waals surface area contributed by atoms with Crippen LogP contribution in [0, 0.1) is 0 Å². The summed E-state index contributed by atoms with van der Waals surface area (Å²) in [7, 11) is 0. The predicted octanol–water partition coefficient (Wildman–Crippen LogP) is 3.78. The van der Waals surface area contributed by atoms with Crippen molar-refractivity contribution in [2.45, 2.75) is 25.2 Å². The molecule has 0 atom stereocenters. The molecule has 1 N–H and O–H groups in total. The molecular weight excluding hydrogens is 246 g/mol. The summed E-state index contributed by atoms with van der Waals surface area (Å²) in [6.45, 7) is 0. The van der Waals surface area contributed by atoms with Gasteiger partial charge in [0.05, 0.1) is 5.69 Å². The topological polar surface area (TPSA) is 50.2 Å². The van der Waals surface area contributed by atoms with Gasteiger partial charge in [-0.2, -0.15) is 0 Å². The molecule has 0 aliphatic heterocycles. The fourth-order valence-corrected chi connectivity index (χ4v) is 3.14. The number of thiazole rings is 1. The number of hydrogen-bond acceptors (Lipinski definition) is 3. The van der Waals surface area contributed by atoms with Gasteiger partial charge in [0.2, 0.25) is 0 Å². The Balaban J connectivity index is 2.04. The molecule has 2 aromatic rings. The summed E-state index contributed by atoms with van der Waals surface area (Å²) in [6.07, 6.45) is 3.32. The van der Waals surface area contributed by atoms with Crippen molar-refractivity contribution in [1.29, 1.82) is 0 Å². The average Bonchev–Trinajstić information content (AvgIpc) is 2.73. The first kappa shape index (κ1) is 11.4. The molecule has 18 heavy (non-hydrogen) atoms. The number of carboxylic acids is 1. The largest absolute Gasteiger partial charge is 0.477 e. The van der Waals surface area contributed by atoms with E-state index in [4.69, 9.17) is 0 Å². The summed E-state index contributed by atoms with van der Waals surface area (Å²) in [6, 6.07) is 9.77. The Hall–Kier alpha value is -1.68. The van der Waals surface area contributed by atoms with Crippen LogP contribution >= 0.6 is 11.3 Å². The Morgan fingerprint density at radius 1 is 1.28 bits per heavy atom. The lowest BCUT2D eigenvalue weighted by atomic mass is 9.82. The lowest BCUT2D eigenvalue weighted by Gasteiger charge is -2.23. The van der Waals surface area contributed by atoms with Crippen LogP contribution in [0.15, 0.2) is 30.3 Å². The van der Waals surface area contributed by atoms with E-state index in [9.17, 15) is 9.90 Å². The fraction of sp³-hybridized carbons (Fsp3) is 0.286. The average molecular weight is 259 g/mol. The third-order valence-corrected chi connectivity index (χ3v) is 4.47. The molecule has 0 saturated heterocycles. The molecule has 1 aromatic heterocycles. The summed E-state index contributed by atoms with van der Waals surface area (Å²) < 4.78 is 0. The monoisotopic (exact) mass is 259 g/mol. The van der Waals surface area contributed by atoms with Gasteiger partial charge in [-0.3, -0.25) is 0 Å². The zero-order valence-electron chi connectivity index (χ0n) is 9.80. The highest BCUT2D eigenvalue weighted by Crippen LogP contribution is 2.41. The molecule has 1 aliphatic carbocycles. The zero-order chi connectivity index (χ0) is 12.5. The fourth-order valence-electron chi connectivity index (χ4n) is 2.15. The first-order valence-corrected chi connectivity index (χ1v) is 6.87. The summed E-state index contributed by atoms with van der Waals surface area (Å²) >= 11 is 1.29. The smallest absolute Gasteiger partial charge is 0.347 e. The number of aromatic carboxylic acids is 1. The second-order valence-electron chi connectivity index (χ2n) is 4.53. The summed E-state index contributed by atoms with van der Waals surface area (Å²) in [4.78, 5) is 16.3. The lowest BCUT2D eigenvalue weighted by molar-refractivity contribution is 0.0699. The number of nitrogens with zero attached hydrogens (tertiary/aromatic N) is 1. The van der Waals surface area contributed by atoms with Crippen molar-refractivity contribution in [2.75, 3.05) is 0 Å². The highest BCUT2D eigenvalue weighted by molar-refractivity contribution is 7.17. The molecule has 0 radical (unpaired) electrons. The van der Waals surface area contributed by atoms with E-state index in [2.05, 4.69) is 4.98 Å². The number of carboxylic acid groups (broad SMARTS) is 1. The van der Waals surface area contributed by atoms with Gasteiger partial charge in [0.25, 0.3) is 0 Å². The maximum Gasteiger partial charge on any atom is 0.347 e. The second-order valence-corrected chi connectivity index (χ2v) is 5.53. The number of aromatic nitrogens is 1. The first-order valence-electron chi connectivity index (χ1n) is 6.05. The van der Waals surface area contributed by atoms with Crippen LogP contribution in [0.5, 0.6) is 0 Å². The molecule has 1 saturated carbocycles. The van der Waals surface area contributed by atoms with Crippen LogP contribution in [0.4, 0.5) is 0 Å². The SMILES string of the molecule is O=C(O)c1sc(-c2ccccc2)nc1C1CCC1. The maximum atomic E-state index is 11.3. The minimum absolute atomic E-state index is 0.352. The predicted molar refractivity (Wildman–Crippen MR) is 71.1 cm³/mol. The quantitative estimate of drug-likeness (QED) is 0.912. The van der Waals surface area contributed by atoms with Gasteiger partial charge in [-0.05, 0) is 12.8 Å². The van der Waals surface area contributed by atoms with Crippen molar-refractivity contribution in [2.24, 2.45) is 0 Å². The molecule has 3 nitrogen and oxygen atoms in total. The molecule has 0 bridgehead atoms. The molecule has 0 amide bonds. The first-order chi connectivity index (χ1) is 8.75. The van der Waals surface area contributed by atoms with Gasteiger partial charge >= 0.3 is 5.97 Å². The molecule has 3 rings (SSSR count). The number of rotatable bonds is 3. The summed E-state index contributed by atoms with van der Waals surface area (Å²) in [5, 5.41) is 10.1. The van der Waals surface area contributed by atoms with Crippen LogP contribution < -0.4 is 0 Å². The van der Waals surface area contributed by atoms with Crippen molar-refractivity contribution in [3.8, 4) is 10.6 Å². The van der Waals surface area contributed by atoms with E-state index in [1.165, 1.54) is 17.8 Å². The number of hydrogen-bond donors (Lipinski definition) is 1. The van der Waals surface area contributed by atoms with Crippen molar-refractivity contribution < 1.29 is 9.90 Å². The van der Waals surface area contributed by atoms with Gasteiger partial charge in [-0.15, -0.1) is 11.3 Å². The van der Waals surface area contributed by atoms with E-state index >= 15 is 0 Å². The van der Waals surface area contributed by atoms with E-state index in [1.807, 2.05) is 30.3 Å². The van der Waals surface area contributed by atoms with Gasteiger partial charge in [0.1, 0.15) is 9.88 Å². The Morgan fingerprint density at radius 3 is 2.56 bits per heavy atom. The molecule has 4 heteroatoms. The van der Waals surface area contributed by atoms with Gasteiger partial charge < -0.3 is 5.11 Å². The van der Waals surface area contributed by atoms with Gasteiger partial charge in [0, 0.05) is 11.5 Å². The van der Waals surface area contributed by atoms with Crippen LogP contribution in [0.1, 0.15) is 40.5 Å². The van der Waals surface area contributed by atoms with Crippen molar-refractivity contribution in [3.63, 3.8) is 0 Å². The van der Waals surface area contributed by atoms with Crippen molar-refractivity contribution >= 4 is 17.3 Å². The molecule has 1 aliphatic rings. The molecule has 0 unspecified atom stereocenters. The minimum Gasteiger partial charge on any atom is -0.477 e. The Morgan fingerprint density at radius 2 is 2.00 bits per heavy atom. The van der Waals surface area contributed by atoms with E-state index in [0.717, 1.165) is 29.1 Å². The van der Waals surface area contributed by atoms with E-state index < -0.39 is 5.97 Å². The zero-order valence-corrected chi connectivity index (χ0v) is 10.6. The van der Waals surface area contributed by atoms with Crippen LogP contribution in [0.3, 0.4) is 0 Å². The van der Waals surface area contributed by atoms with E-state index in [1.54, 1.807) is 0 Å². The van der Waals surface area contributed by atoms with Crippen LogP contribution in [0.25, 0.3) is 10.6 Å². The number of carbonyl (C=O) groups is 1. The summed E-state index contributed by atoms with van der Waals surface area (Å²) in [5.74, 6) is -0.499. The normalized spacial score (nSPS) is 15.3. The number of benzene rings is 1. The molecule has 1 heterocycles. The lowest BCUT2D eigenvalue weighted by Crippen LogP contribution is -2.12. The van der Waals surface area contributed by atoms with Crippen LogP contribution in [-0.4, -0.2) is 16.1 Å². The van der Waals surface area contributed by atoms with Gasteiger partial charge in [0.15, 0.2) is 0 Å². The molecule has 0 spiro atoms. The third-order valence-electron chi connectivity index (χ3n) is 3.36. The minimum atomic E-state index is -0.850. The third kappa shape index (κ3) is 1.93. The maximum absolute atomic E-state index is 11.3. The molecule has 92 valence electrons. The standard InChI is InChI=1S/C14H13NO2S/c16-14(17)12-11(9-7-4-8-9)15-13(18-12)10-5-2-1-3-6-10/h1-3,5-6,9H,4,7-8H2,(H,16,17). The highest BCUT2D eigenvalue weighted by atomic mass is 32.1. The Kier molecular flexibility index (Phi) is 2.88. The second kappa shape index (κ2) is 4.53. The molecule has 1 aromatic carbocycles. The van der Waals surface area contributed by atoms with Crippen LogP contribution in [0.2, 0.25) is 0 Å². The van der Waals surface area contributed by atoms with Gasteiger partial charge in [-0.25, -0.2) is 9.78 Å². The highest BCUT2D eigenvalue weighted by Gasteiger charge is 2.28. The summed E-state index contributed by atoms with van der Waals surface area (Å²) in [5.41, 5.74) is 1.79. The van der Waals surface area contributed by atoms with E-state index in [-0.39, 0.29) is 0 Å². The van der Waals surface area contributed by atoms with Gasteiger partial charge in [-0.1, -0.05) is 36.8 Å². The molecule has 1 fully saturated rings. The van der Waals surface area contributed by atoms with Crippen LogP contribution in [-0.2, 0) is 0 Å². The Bertz CT molecular complexity index is 573. The Labute approximate surface area is 109 Å². The van der Waals surface area contributed by atoms with Crippen molar-refractivity contribution in [3.05, 3.63) is 40.9 Å². The van der Waals surface area contributed by atoms with Crippen molar-refractivity contribution in [1.82, 2.24) is 4.98 Å². The molecular formula is C14H13NO2S. The van der Waals surface area contributed by atoms with E-state index in [0.29, 0.717) is 10.8 Å².